The molecule has 0 aliphatic carbocycles. The van der Waals surface area contributed by atoms with Crippen LogP contribution in [-0.2, 0) is 4.79 Å². The highest BCUT2D eigenvalue weighted by molar-refractivity contribution is 7.99. The Morgan fingerprint density at radius 2 is 1.87 bits per heavy atom. The fraction of sp³-hybridized carbons (Fsp3) is 0.429. The van der Waals surface area contributed by atoms with E-state index in [-0.39, 0.29) is 17.7 Å². The lowest BCUT2D eigenvalue weighted by atomic mass is 9.74. The zero-order valence-electron chi connectivity index (χ0n) is 21.3. The van der Waals surface area contributed by atoms with Gasteiger partial charge in [-0.2, -0.15) is 0 Å². The molecule has 1 aliphatic rings. The van der Waals surface area contributed by atoms with Crippen molar-refractivity contribution in [1.29, 1.82) is 0 Å². The average Bonchev–Trinajstić information content (AvgIpc) is 2.89. The fourth-order valence-corrected chi connectivity index (χ4v) is 6.05. The number of aliphatic carboxylic acids is 1. The normalized spacial score (nSPS) is 16.5. The van der Waals surface area contributed by atoms with E-state index in [2.05, 4.69) is 4.98 Å². The van der Waals surface area contributed by atoms with E-state index in [1.54, 1.807) is 31.3 Å². The van der Waals surface area contributed by atoms with Crippen molar-refractivity contribution < 1.29 is 32.2 Å². The number of carboxylic acids is 1. The number of pyridine rings is 1. The molecule has 0 saturated carbocycles. The number of piperidine rings is 1. The Kier molecular flexibility index (Phi) is 8.82. The van der Waals surface area contributed by atoms with Crippen LogP contribution in [0.25, 0.3) is 10.9 Å². The number of likely N-dealkylation sites (tertiary alicyclic amines) is 1. The smallest absolute Gasteiger partial charge is 0.309 e. The third kappa shape index (κ3) is 6.07. The van der Waals surface area contributed by atoms with Crippen molar-refractivity contribution in [2.75, 3.05) is 32.5 Å². The van der Waals surface area contributed by atoms with E-state index in [0.717, 1.165) is 11.8 Å². The van der Waals surface area contributed by atoms with Crippen LogP contribution in [0.1, 0.15) is 43.0 Å². The number of halogens is 4. The molecule has 0 bridgehead atoms. The van der Waals surface area contributed by atoms with Gasteiger partial charge in [-0.05, 0) is 75.0 Å². The van der Waals surface area contributed by atoms with Gasteiger partial charge >= 0.3 is 5.97 Å². The van der Waals surface area contributed by atoms with Crippen LogP contribution in [0, 0.1) is 29.8 Å². The van der Waals surface area contributed by atoms with E-state index in [0.29, 0.717) is 78.1 Å². The highest BCUT2D eigenvalue weighted by atomic mass is 32.2. The number of nitrogens with zero attached hydrogens (tertiary/aromatic N) is 2. The molecule has 0 radical (unpaired) electrons. The maximum Gasteiger partial charge on any atom is 0.309 e. The molecule has 2 heterocycles. The standard InChI is InChI=1S/C28H30F4N2O3S/c1-17-16-33-24-4-3-19(37-2)15-20(24)25(17)21(30)5-6-28(27(35)36)7-9-34(10-8-28)11-12-38-26-22(31)13-18(29)14-23(26)32/h3-4,13-16,21H,5-12H2,1-2H3,(H,35,36)/t21-/m0/s1. The predicted octanol–water partition coefficient (Wildman–Crippen LogP) is 6.72. The highest BCUT2D eigenvalue weighted by Crippen LogP contribution is 2.41. The van der Waals surface area contributed by atoms with Crippen molar-refractivity contribution in [1.82, 2.24) is 9.88 Å². The molecule has 3 aromatic rings. The van der Waals surface area contributed by atoms with Gasteiger partial charge in [-0.15, -0.1) is 11.8 Å². The molecule has 38 heavy (non-hydrogen) atoms. The Bertz CT molecular complexity index is 1290. The summed E-state index contributed by atoms with van der Waals surface area (Å²) in [6, 6.07) is 6.59. The molecule has 1 atom stereocenters. The highest BCUT2D eigenvalue weighted by Gasteiger charge is 2.41. The number of aromatic nitrogens is 1. The zero-order valence-corrected chi connectivity index (χ0v) is 22.1. The zero-order chi connectivity index (χ0) is 27.4. The molecule has 1 fully saturated rings. The summed E-state index contributed by atoms with van der Waals surface area (Å²) in [7, 11) is 1.54. The number of rotatable bonds is 10. The first kappa shape index (κ1) is 28.2. The quantitative estimate of drug-likeness (QED) is 0.223. The van der Waals surface area contributed by atoms with Crippen LogP contribution < -0.4 is 4.74 Å². The molecule has 5 nitrogen and oxygen atoms in total. The van der Waals surface area contributed by atoms with Crippen LogP contribution in [0.2, 0.25) is 0 Å². The number of benzene rings is 2. The number of carboxylic acid groups (broad SMARTS) is 1. The summed E-state index contributed by atoms with van der Waals surface area (Å²) in [6.07, 6.45) is 1.21. The monoisotopic (exact) mass is 550 g/mol. The Morgan fingerprint density at radius 3 is 2.50 bits per heavy atom. The van der Waals surface area contributed by atoms with Crippen molar-refractivity contribution in [2.24, 2.45) is 5.41 Å². The van der Waals surface area contributed by atoms with Crippen molar-refractivity contribution in [2.45, 2.75) is 43.7 Å². The van der Waals surface area contributed by atoms with Gasteiger partial charge in [0.1, 0.15) is 29.4 Å². The van der Waals surface area contributed by atoms with Gasteiger partial charge in [0.25, 0.3) is 0 Å². The molecular formula is C28H30F4N2O3S. The summed E-state index contributed by atoms with van der Waals surface area (Å²) < 4.78 is 61.8. The molecule has 1 aliphatic heterocycles. The van der Waals surface area contributed by atoms with Crippen molar-refractivity contribution in [3.63, 3.8) is 0 Å². The second-order valence-corrected chi connectivity index (χ2v) is 10.8. The fourth-order valence-electron chi connectivity index (χ4n) is 5.10. The maximum absolute atomic E-state index is 15.7. The van der Waals surface area contributed by atoms with Crippen LogP contribution in [0.4, 0.5) is 17.6 Å². The lowest BCUT2D eigenvalue weighted by Crippen LogP contribution is -2.45. The van der Waals surface area contributed by atoms with Gasteiger partial charge in [-0.1, -0.05) is 0 Å². The molecule has 0 unspecified atom stereocenters. The lowest BCUT2D eigenvalue weighted by molar-refractivity contribution is -0.153. The molecule has 2 aromatic carbocycles. The second kappa shape index (κ2) is 11.9. The lowest BCUT2D eigenvalue weighted by Gasteiger charge is -2.39. The van der Waals surface area contributed by atoms with Gasteiger partial charge < -0.3 is 14.7 Å². The number of alkyl halides is 1. The first-order valence-electron chi connectivity index (χ1n) is 12.4. The Labute approximate surface area is 223 Å². The topological polar surface area (TPSA) is 62.7 Å². The maximum atomic E-state index is 15.7. The largest absolute Gasteiger partial charge is 0.497 e. The molecule has 0 spiro atoms. The van der Waals surface area contributed by atoms with Gasteiger partial charge in [0.2, 0.25) is 0 Å². The number of thioether (sulfide) groups is 1. The molecule has 10 heteroatoms. The first-order chi connectivity index (χ1) is 18.1. The predicted molar refractivity (Wildman–Crippen MR) is 139 cm³/mol. The van der Waals surface area contributed by atoms with Crippen molar-refractivity contribution >= 4 is 28.6 Å². The summed E-state index contributed by atoms with van der Waals surface area (Å²) in [6.45, 7) is 3.24. The summed E-state index contributed by atoms with van der Waals surface area (Å²) in [5.74, 6) is -2.82. The van der Waals surface area contributed by atoms with Gasteiger partial charge in [-0.3, -0.25) is 9.78 Å². The molecule has 0 amide bonds. The molecule has 4 rings (SSSR count). The van der Waals surface area contributed by atoms with Crippen molar-refractivity contribution in [3.8, 4) is 5.75 Å². The summed E-state index contributed by atoms with van der Waals surface area (Å²) in [5.41, 5.74) is 0.805. The molecule has 1 saturated heterocycles. The van der Waals surface area contributed by atoms with E-state index in [1.165, 1.54) is 7.11 Å². The van der Waals surface area contributed by atoms with E-state index in [1.807, 2.05) is 4.90 Å². The van der Waals surface area contributed by atoms with Gasteiger partial charge in [0, 0.05) is 36.0 Å². The van der Waals surface area contributed by atoms with E-state index in [4.69, 9.17) is 4.74 Å². The van der Waals surface area contributed by atoms with Gasteiger partial charge in [-0.25, -0.2) is 17.6 Å². The molecular weight excluding hydrogens is 520 g/mol. The third-order valence-corrected chi connectivity index (χ3v) is 8.45. The van der Waals surface area contributed by atoms with Crippen LogP contribution in [-0.4, -0.2) is 53.5 Å². The van der Waals surface area contributed by atoms with E-state index in [9.17, 15) is 23.1 Å². The first-order valence-corrected chi connectivity index (χ1v) is 13.4. The van der Waals surface area contributed by atoms with Gasteiger partial charge in [0.15, 0.2) is 0 Å². The number of hydrogen-bond acceptors (Lipinski definition) is 5. The number of methoxy groups -OCH3 is 1. The van der Waals surface area contributed by atoms with Crippen LogP contribution >= 0.6 is 11.8 Å². The summed E-state index contributed by atoms with van der Waals surface area (Å²) in [4.78, 5) is 18.5. The van der Waals surface area contributed by atoms with E-state index >= 15 is 4.39 Å². The Balaban J connectivity index is 1.37. The minimum absolute atomic E-state index is 0.0580. The van der Waals surface area contributed by atoms with Gasteiger partial charge in [0.05, 0.1) is 22.9 Å². The van der Waals surface area contributed by atoms with Crippen LogP contribution in [0.3, 0.4) is 0 Å². The van der Waals surface area contributed by atoms with E-state index < -0.39 is 35.0 Å². The van der Waals surface area contributed by atoms with Crippen molar-refractivity contribution in [3.05, 3.63) is 65.1 Å². The Morgan fingerprint density at radius 1 is 1.18 bits per heavy atom. The molecule has 1 N–H and O–H groups in total. The molecule has 1 aromatic heterocycles. The number of carbonyl (C=O) groups is 1. The number of hydrogen-bond donors (Lipinski definition) is 1. The minimum atomic E-state index is -1.36. The SMILES string of the molecule is COc1ccc2ncc(C)c([C@@H](F)CCC3(C(=O)O)CCN(CCSc4c(F)cc(F)cc4F)CC3)c2c1. The van der Waals surface area contributed by atoms with Crippen LogP contribution in [0.15, 0.2) is 41.4 Å². The number of ether oxygens (including phenoxy) is 1. The minimum Gasteiger partial charge on any atom is -0.497 e. The summed E-state index contributed by atoms with van der Waals surface area (Å²) in [5, 5.41) is 10.7. The number of aryl methyl sites for hydroxylation is 1. The Hall–Kier alpha value is -2.85. The summed E-state index contributed by atoms with van der Waals surface area (Å²) >= 11 is 0.960. The van der Waals surface area contributed by atoms with Crippen LogP contribution in [0.5, 0.6) is 5.75 Å². The number of fused-ring (bicyclic) bond motifs is 1. The molecule has 204 valence electrons. The average molecular weight is 551 g/mol. The third-order valence-electron chi connectivity index (χ3n) is 7.39. The second-order valence-electron chi connectivity index (χ2n) is 9.72.